The number of aromatic nitrogens is 3. The first-order valence-corrected chi connectivity index (χ1v) is 10.8. The zero-order valence-electron chi connectivity index (χ0n) is 17.3. The first-order chi connectivity index (χ1) is 15.1. The minimum atomic E-state index is -0.240. The van der Waals surface area contributed by atoms with Crippen LogP contribution < -0.4 is 10.1 Å². The summed E-state index contributed by atoms with van der Waals surface area (Å²) >= 11 is 6.14. The second-order valence-electron chi connectivity index (χ2n) is 8.28. The van der Waals surface area contributed by atoms with Crippen LogP contribution in [0.3, 0.4) is 0 Å². The Labute approximate surface area is 186 Å². The largest absolute Gasteiger partial charge is 0.497 e. The van der Waals surface area contributed by atoms with Gasteiger partial charge in [-0.15, -0.1) is 10.2 Å². The summed E-state index contributed by atoms with van der Waals surface area (Å²) in [6.07, 6.45) is 0.847. The average molecular weight is 438 g/mol. The molecule has 31 heavy (non-hydrogen) atoms. The van der Waals surface area contributed by atoms with Crippen molar-refractivity contribution in [2.45, 2.75) is 19.5 Å². The molecule has 0 bridgehead atoms. The lowest BCUT2D eigenvalue weighted by molar-refractivity contribution is 0.100. The van der Waals surface area contributed by atoms with Crippen LogP contribution in [0.5, 0.6) is 5.75 Å². The number of nitrogens with one attached hydrogen (secondary N) is 1. The van der Waals surface area contributed by atoms with Crippen molar-refractivity contribution in [3.05, 3.63) is 70.8 Å². The molecule has 0 saturated carbocycles. The van der Waals surface area contributed by atoms with E-state index in [0.717, 1.165) is 49.2 Å². The van der Waals surface area contributed by atoms with Crippen LogP contribution in [0.4, 0.5) is 5.69 Å². The van der Waals surface area contributed by atoms with Gasteiger partial charge in [0.15, 0.2) is 0 Å². The van der Waals surface area contributed by atoms with Crippen molar-refractivity contribution in [2.75, 3.05) is 25.5 Å². The third kappa shape index (κ3) is 4.16. The third-order valence-corrected chi connectivity index (χ3v) is 6.42. The molecule has 7 nitrogen and oxygen atoms in total. The van der Waals surface area contributed by atoms with Crippen molar-refractivity contribution in [3.8, 4) is 5.75 Å². The topological polar surface area (TPSA) is 72.3 Å². The molecule has 8 heteroatoms. The monoisotopic (exact) mass is 437 g/mol. The molecule has 1 amide bonds. The predicted molar refractivity (Wildman–Crippen MR) is 118 cm³/mol. The molecule has 3 heterocycles. The van der Waals surface area contributed by atoms with Crippen LogP contribution in [0.15, 0.2) is 48.5 Å². The molecule has 0 aliphatic carbocycles. The van der Waals surface area contributed by atoms with Crippen molar-refractivity contribution in [2.24, 2.45) is 11.8 Å². The fourth-order valence-electron chi connectivity index (χ4n) is 4.67. The van der Waals surface area contributed by atoms with Gasteiger partial charge in [-0.2, -0.15) is 0 Å². The number of amides is 1. The zero-order chi connectivity index (χ0) is 21.4. The van der Waals surface area contributed by atoms with Crippen LogP contribution >= 0.6 is 11.6 Å². The molecule has 1 fully saturated rings. The number of halogens is 1. The zero-order valence-corrected chi connectivity index (χ0v) is 18.0. The fourth-order valence-corrected chi connectivity index (χ4v) is 4.89. The van der Waals surface area contributed by atoms with E-state index in [1.807, 2.05) is 47.0 Å². The Balaban J connectivity index is 1.26. The molecule has 160 valence electrons. The molecular weight excluding hydrogens is 414 g/mol. The molecule has 3 aromatic rings. The van der Waals surface area contributed by atoms with Gasteiger partial charge in [0.25, 0.3) is 5.91 Å². The first kappa shape index (κ1) is 20.0. The molecule has 0 unspecified atom stereocenters. The predicted octanol–water partition coefficient (Wildman–Crippen LogP) is 3.50. The summed E-state index contributed by atoms with van der Waals surface area (Å²) in [4.78, 5) is 15.3. The lowest BCUT2D eigenvalue weighted by Gasteiger charge is -2.25. The lowest BCUT2D eigenvalue weighted by Crippen LogP contribution is -2.31. The summed E-state index contributed by atoms with van der Waals surface area (Å²) in [6.45, 7) is 3.68. The average Bonchev–Trinajstić information content (AvgIpc) is 3.35. The maximum absolute atomic E-state index is 12.8. The Morgan fingerprint density at radius 1 is 1.13 bits per heavy atom. The van der Waals surface area contributed by atoms with Crippen LogP contribution in [0.1, 0.15) is 22.0 Å². The minimum absolute atomic E-state index is 0.240. The summed E-state index contributed by atoms with van der Waals surface area (Å²) in [6, 6.07) is 15.3. The highest BCUT2D eigenvalue weighted by molar-refractivity contribution is 6.30. The van der Waals surface area contributed by atoms with Crippen molar-refractivity contribution in [3.63, 3.8) is 0 Å². The number of carbonyl (C=O) groups excluding carboxylic acids is 1. The summed E-state index contributed by atoms with van der Waals surface area (Å²) in [7, 11) is 1.61. The number of rotatable bonds is 5. The van der Waals surface area contributed by atoms with Crippen molar-refractivity contribution in [1.82, 2.24) is 19.7 Å². The molecule has 0 spiro atoms. The van der Waals surface area contributed by atoms with Gasteiger partial charge < -0.3 is 14.6 Å². The van der Waals surface area contributed by atoms with Gasteiger partial charge in [-0.3, -0.25) is 9.69 Å². The molecule has 2 atom stereocenters. The van der Waals surface area contributed by atoms with Gasteiger partial charge >= 0.3 is 0 Å². The highest BCUT2D eigenvalue weighted by atomic mass is 35.5. The highest BCUT2D eigenvalue weighted by Gasteiger charge is 2.39. The summed E-state index contributed by atoms with van der Waals surface area (Å²) in [5, 5.41) is 12.2. The Morgan fingerprint density at radius 3 is 2.71 bits per heavy atom. The van der Waals surface area contributed by atoms with Crippen LogP contribution in [-0.2, 0) is 19.5 Å². The van der Waals surface area contributed by atoms with E-state index in [0.29, 0.717) is 23.3 Å². The maximum atomic E-state index is 12.8. The molecule has 1 N–H and O–H groups in total. The second kappa shape index (κ2) is 8.32. The Bertz CT molecular complexity index is 1100. The molecule has 5 rings (SSSR count). The third-order valence-electron chi connectivity index (χ3n) is 6.19. The van der Waals surface area contributed by atoms with Gasteiger partial charge in [-0.25, -0.2) is 0 Å². The van der Waals surface area contributed by atoms with E-state index < -0.39 is 0 Å². The molecule has 1 saturated heterocycles. The number of benzene rings is 2. The number of hydrogen-bond donors (Lipinski definition) is 1. The molecule has 1 aromatic heterocycles. The fraction of sp³-hybridized carbons (Fsp3) is 0.348. The van der Waals surface area contributed by atoms with Gasteiger partial charge in [0.1, 0.15) is 11.6 Å². The van der Waals surface area contributed by atoms with Crippen molar-refractivity contribution in [1.29, 1.82) is 0 Å². The Morgan fingerprint density at radius 2 is 1.94 bits per heavy atom. The highest BCUT2D eigenvalue weighted by Crippen LogP contribution is 2.33. The first-order valence-electron chi connectivity index (χ1n) is 10.4. The molecule has 2 aliphatic heterocycles. The van der Waals surface area contributed by atoms with E-state index in [1.165, 1.54) is 5.56 Å². The van der Waals surface area contributed by atoms with Crippen molar-refractivity contribution >= 4 is 23.2 Å². The molecule has 2 aliphatic rings. The second-order valence-corrected chi connectivity index (χ2v) is 8.72. The summed E-state index contributed by atoms with van der Waals surface area (Å²) in [5.74, 6) is 2.79. The van der Waals surface area contributed by atoms with E-state index in [9.17, 15) is 4.79 Å². The number of ether oxygens (including phenoxy) is 1. The van der Waals surface area contributed by atoms with Gasteiger partial charge in [0.05, 0.1) is 7.11 Å². The van der Waals surface area contributed by atoms with E-state index in [4.69, 9.17) is 16.3 Å². The van der Waals surface area contributed by atoms with Crippen LogP contribution in [0.25, 0.3) is 0 Å². The van der Waals surface area contributed by atoms with E-state index in [1.54, 1.807) is 7.11 Å². The minimum Gasteiger partial charge on any atom is -0.497 e. The van der Waals surface area contributed by atoms with Crippen LogP contribution in [0.2, 0.25) is 5.02 Å². The normalized spacial score (nSPS) is 20.2. The number of nitrogens with zero attached hydrogens (tertiary/aromatic N) is 4. The SMILES string of the molecule is COc1ccc(NC(=O)c2nnc3n2C[C@@H]2CN(Cc4cccc(Cl)c4)C[C@@H]2C3)cc1. The molecule has 0 radical (unpaired) electrons. The van der Waals surface area contributed by atoms with E-state index >= 15 is 0 Å². The van der Waals surface area contributed by atoms with Gasteiger partial charge in [0.2, 0.25) is 5.82 Å². The summed E-state index contributed by atoms with van der Waals surface area (Å²) < 4.78 is 7.15. The van der Waals surface area contributed by atoms with E-state index in [-0.39, 0.29) is 5.91 Å². The number of carbonyl (C=O) groups is 1. The molecule has 2 aromatic carbocycles. The van der Waals surface area contributed by atoms with Gasteiger partial charge in [0, 0.05) is 43.3 Å². The Kier molecular flexibility index (Phi) is 5.38. The van der Waals surface area contributed by atoms with Crippen LogP contribution in [0, 0.1) is 11.8 Å². The number of likely N-dealkylation sites (tertiary alicyclic amines) is 1. The Hall–Kier alpha value is -2.90. The lowest BCUT2D eigenvalue weighted by atomic mass is 9.89. The summed E-state index contributed by atoms with van der Waals surface area (Å²) in [5.41, 5.74) is 1.93. The van der Waals surface area contributed by atoms with Gasteiger partial charge in [-0.05, 0) is 53.8 Å². The van der Waals surface area contributed by atoms with Crippen LogP contribution in [-0.4, -0.2) is 45.8 Å². The number of hydrogen-bond acceptors (Lipinski definition) is 5. The number of anilines is 1. The molecular formula is C23H24ClN5O2. The van der Waals surface area contributed by atoms with Crippen molar-refractivity contribution < 1.29 is 9.53 Å². The van der Waals surface area contributed by atoms with E-state index in [2.05, 4.69) is 26.5 Å². The number of methoxy groups -OCH3 is 1. The maximum Gasteiger partial charge on any atom is 0.293 e. The quantitative estimate of drug-likeness (QED) is 0.661. The number of fused-ring (bicyclic) bond motifs is 2. The standard InChI is InChI=1S/C23H24ClN5O2/c1-31-20-7-5-19(6-8-20)25-23(30)22-27-26-21-10-16-12-28(13-17(16)14-29(21)22)11-15-3-2-4-18(24)9-15/h2-9,16-17H,10-14H2,1H3,(H,25,30)/t16-,17-/m0/s1. The smallest absolute Gasteiger partial charge is 0.293 e. The van der Waals surface area contributed by atoms with Gasteiger partial charge in [-0.1, -0.05) is 23.7 Å².